The van der Waals surface area contributed by atoms with Crippen LogP contribution in [0.25, 0.3) is 99.8 Å². The molecule has 11 rings (SSSR count). The zero-order valence-electron chi connectivity index (χ0n) is 31.4. The number of aromatic amines is 1. The Morgan fingerprint density at radius 1 is 0.500 bits per heavy atom. The summed E-state index contributed by atoms with van der Waals surface area (Å²) in [5, 5.41) is 4.87. The Balaban J connectivity index is 1.22. The SMILES string of the molecule is Cc1cc2[nH]c3c(-c4nc5c(-c6ccc7c8ccccc8n(-c8ccccn8)c7c6)cccc5n4-c4ccccc4)cc(-c4ccccc4)cc3c2c(C)c1C. The van der Waals surface area contributed by atoms with Crippen LogP contribution < -0.4 is 0 Å². The second-order valence-corrected chi connectivity index (χ2v) is 14.9. The molecule has 0 spiro atoms. The van der Waals surface area contributed by atoms with Gasteiger partial charge in [0.15, 0.2) is 0 Å². The van der Waals surface area contributed by atoms with E-state index in [2.05, 4.69) is 180 Å². The van der Waals surface area contributed by atoms with Gasteiger partial charge in [-0.1, -0.05) is 97.1 Å². The maximum absolute atomic E-state index is 5.68. The van der Waals surface area contributed by atoms with Gasteiger partial charge < -0.3 is 4.98 Å². The summed E-state index contributed by atoms with van der Waals surface area (Å²) < 4.78 is 4.61. The first-order valence-electron chi connectivity index (χ1n) is 19.2. The molecule has 4 heterocycles. The fraction of sp³-hybridized carbons (Fsp3) is 0.0588. The highest BCUT2D eigenvalue weighted by Gasteiger charge is 2.23. The van der Waals surface area contributed by atoms with Crippen LogP contribution in [0.1, 0.15) is 16.7 Å². The second kappa shape index (κ2) is 12.4. The minimum absolute atomic E-state index is 0.891. The summed E-state index contributed by atoms with van der Waals surface area (Å²) >= 11 is 0. The molecule has 266 valence electrons. The van der Waals surface area contributed by atoms with E-state index >= 15 is 0 Å². The molecule has 0 fully saturated rings. The van der Waals surface area contributed by atoms with E-state index < -0.39 is 0 Å². The van der Waals surface area contributed by atoms with Gasteiger partial charge in [0.05, 0.1) is 27.6 Å². The Bertz CT molecular complexity index is 3310. The van der Waals surface area contributed by atoms with Crippen molar-refractivity contribution in [3.8, 4) is 45.1 Å². The van der Waals surface area contributed by atoms with Gasteiger partial charge in [-0.05, 0) is 115 Å². The van der Waals surface area contributed by atoms with Crippen molar-refractivity contribution < 1.29 is 0 Å². The number of fused-ring (bicyclic) bond motifs is 7. The van der Waals surface area contributed by atoms with Crippen molar-refractivity contribution in [1.29, 1.82) is 0 Å². The van der Waals surface area contributed by atoms with Crippen LogP contribution in [0.2, 0.25) is 0 Å². The van der Waals surface area contributed by atoms with Crippen LogP contribution in [0.5, 0.6) is 0 Å². The van der Waals surface area contributed by atoms with E-state index in [0.717, 1.165) is 72.7 Å². The Hall–Kier alpha value is -7.24. The topological polar surface area (TPSA) is 51.4 Å². The predicted molar refractivity (Wildman–Crippen MR) is 233 cm³/mol. The summed E-state index contributed by atoms with van der Waals surface area (Å²) in [6.07, 6.45) is 1.86. The van der Waals surface area contributed by atoms with E-state index in [1.54, 1.807) is 0 Å². The third kappa shape index (κ3) is 4.80. The Morgan fingerprint density at radius 3 is 2.07 bits per heavy atom. The van der Waals surface area contributed by atoms with Crippen molar-refractivity contribution in [2.24, 2.45) is 0 Å². The number of hydrogen-bond donors (Lipinski definition) is 1. The lowest BCUT2D eigenvalue weighted by molar-refractivity contribution is 1.08. The summed E-state index contributed by atoms with van der Waals surface area (Å²) in [4.78, 5) is 14.4. The molecule has 0 aliphatic rings. The van der Waals surface area contributed by atoms with Gasteiger partial charge in [-0.15, -0.1) is 0 Å². The van der Waals surface area contributed by atoms with E-state index in [4.69, 9.17) is 9.97 Å². The van der Waals surface area contributed by atoms with Crippen LogP contribution >= 0.6 is 0 Å². The van der Waals surface area contributed by atoms with Crippen LogP contribution in [0, 0.1) is 20.8 Å². The molecule has 5 heteroatoms. The molecular formula is C51H37N5. The van der Waals surface area contributed by atoms with E-state index in [9.17, 15) is 0 Å². The summed E-state index contributed by atoms with van der Waals surface area (Å²) in [5.74, 6) is 1.79. The molecule has 56 heavy (non-hydrogen) atoms. The molecule has 5 nitrogen and oxygen atoms in total. The van der Waals surface area contributed by atoms with Gasteiger partial charge >= 0.3 is 0 Å². The highest BCUT2D eigenvalue weighted by Crippen LogP contribution is 2.43. The smallest absolute Gasteiger partial charge is 0.147 e. The van der Waals surface area contributed by atoms with E-state index in [1.807, 2.05) is 18.3 Å². The van der Waals surface area contributed by atoms with Gasteiger partial charge in [0, 0.05) is 50.1 Å². The predicted octanol–water partition coefficient (Wildman–Crippen LogP) is 13.1. The van der Waals surface area contributed by atoms with Crippen molar-refractivity contribution >= 4 is 54.6 Å². The zero-order chi connectivity index (χ0) is 37.5. The molecular weight excluding hydrogens is 683 g/mol. The lowest BCUT2D eigenvalue weighted by Gasteiger charge is -2.13. The molecule has 0 atom stereocenters. The molecule has 0 saturated carbocycles. The quantitative estimate of drug-likeness (QED) is 0.193. The highest BCUT2D eigenvalue weighted by atomic mass is 15.1. The first-order chi connectivity index (χ1) is 27.5. The van der Waals surface area contributed by atoms with E-state index in [1.165, 1.54) is 43.8 Å². The number of benzene rings is 7. The molecule has 0 amide bonds. The number of aromatic nitrogens is 5. The lowest BCUT2D eigenvalue weighted by Crippen LogP contribution is -1.98. The molecule has 0 aliphatic heterocycles. The van der Waals surface area contributed by atoms with Gasteiger partial charge in [0.2, 0.25) is 0 Å². The van der Waals surface area contributed by atoms with Gasteiger partial charge in [0.25, 0.3) is 0 Å². The fourth-order valence-electron chi connectivity index (χ4n) is 8.83. The van der Waals surface area contributed by atoms with Gasteiger partial charge in [-0.3, -0.25) is 9.13 Å². The number of para-hydroxylation sites is 3. The van der Waals surface area contributed by atoms with Crippen LogP contribution in [0.3, 0.4) is 0 Å². The van der Waals surface area contributed by atoms with Gasteiger partial charge in [0.1, 0.15) is 11.6 Å². The number of nitrogens with zero attached hydrogens (tertiary/aromatic N) is 4. The molecule has 0 saturated heterocycles. The van der Waals surface area contributed by atoms with Crippen LogP contribution in [-0.4, -0.2) is 24.1 Å². The first kappa shape index (κ1) is 32.2. The number of imidazole rings is 1. The van der Waals surface area contributed by atoms with Crippen molar-refractivity contribution in [1.82, 2.24) is 24.1 Å². The van der Waals surface area contributed by atoms with Gasteiger partial charge in [-0.2, -0.15) is 0 Å². The van der Waals surface area contributed by atoms with Crippen molar-refractivity contribution in [3.63, 3.8) is 0 Å². The van der Waals surface area contributed by atoms with Crippen LogP contribution in [-0.2, 0) is 0 Å². The number of aryl methyl sites for hydroxylation is 2. The Kier molecular flexibility index (Phi) is 7.13. The maximum Gasteiger partial charge on any atom is 0.147 e. The molecule has 0 unspecified atom stereocenters. The number of rotatable bonds is 5. The highest BCUT2D eigenvalue weighted by molar-refractivity contribution is 6.15. The summed E-state index contributed by atoms with van der Waals surface area (Å²) in [6, 6.07) is 56.3. The molecule has 0 aliphatic carbocycles. The monoisotopic (exact) mass is 719 g/mol. The fourth-order valence-corrected chi connectivity index (χ4v) is 8.83. The standard InChI is InChI=1S/C51H37N5/c1-31-27-43-48(33(3)32(31)2)41-28-36(34-15-6-4-7-16-34)29-42(49(41)53-43)51-54-50-38(20-14-22-45(50)55(51)37-17-8-5-9-18-37)35-24-25-40-39-19-10-11-21-44(39)56(46(40)30-35)47-23-12-13-26-52-47/h4-30,53H,1-3H3. The third-order valence-corrected chi connectivity index (χ3v) is 11.7. The molecule has 0 radical (unpaired) electrons. The number of pyridine rings is 1. The zero-order valence-corrected chi connectivity index (χ0v) is 31.4. The van der Waals surface area contributed by atoms with Crippen LogP contribution in [0.4, 0.5) is 0 Å². The van der Waals surface area contributed by atoms with Crippen LogP contribution in [0.15, 0.2) is 164 Å². The Morgan fingerprint density at radius 2 is 1.25 bits per heavy atom. The van der Waals surface area contributed by atoms with Gasteiger partial charge in [-0.25, -0.2) is 9.97 Å². The minimum atomic E-state index is 0.891. The minimum Gasteiger partial charge on any atom is -0.354 e. The number of H-pyrrole nitrogens is 1. The summed E-state index contributed by atoms with van der Waals surface area (Å²) in [7, 11) is 0. The number of hydrogen-bond acceptors (Lipinski definition) is 2. The molecule has 7 aromatic carbocycles. The molecule has 4 aromatic heterocycles. The average molecular weight is 720 g/mol. The maximum atomic E-state index is 5.68. The average Bonchev–Trinajstić information content (AvgIpc) is 3.93. The molecule has 11 aromatic rings. The molecule has 0 bridgehead atoms. The van der Waals surface area contributed by atoms with Crippen molar-refractivity contribution in [2.45, 2.75) is 20.8 Å². The first-order valence-corrected chi connectivity index (χ1v) is 19.2. The summed E-state index contributed by atoms with van der Waals surface area (Å²) in [6.45, 7) is 6.68. The largest absolute Gasteiger partial charge is 0.354 e. The summed E-state index contributed by atoms with van der Waals surface area (Å²) in [5.41, 5.74) is 17.0. The third-order valence-electron chi connectivity index (χ3n) is 11.7. The second-order valence-electron chi connectivity index (χ2n) is 14.9. The Labute approximate surface area is 324 Å². The van der Waals surface area contributed by atoms with Crippen molar-refractivity contribution in [2.75, 3.05) is 0 Å². The van der Waals surface area contributed by atoms with E-state index in [0.29, 0.717) is 0 Å². The number of nitrogens with one attached hydrogen (secondary N) is 1. The van der Waals surface area contributed by atoms with E-state index in [-0.39, 0.29) is 0 Å². The van der Waals surface area contributed by atoms with Crippen molar-refractivity contribution in [3.05, 3.63) is 181 Å². The molecule has 1 N–H and O–H groups in total. The normalized spacial score (nSPS) is 11.8. The lowest BCUT2D eigenvalue weighted by atomic mass is 9.95.